The fourth-order valence-electron chi connectivity index (χ4n) is 4.65. The molecular weight excluding hydrogens is 410 g/mol. The summed E-state index contributed by atoms with van der Waals surface area (Å²) >= 11 is 0. The van der Waals surface area contributed by atoms with Crippen LogP contribution in [0.15, 0.2) is 67.0 Å². The van der Waals surface area contributed by atoms with E-state index in [9.17, 15) is 9.59 Å². The maximum atomic E-state index is 12.8. The summed E-state index contributed by atoms with van der Waals surface area (Å²) < 4.78 is 22.9. The Morgan fingerprint density at radius 1 is 1.00 bits per heavy atom. The van der Waals surface area contributed by atoms with Crippen molar-refractivity contribution < 1.29 is 18.3 Å². The molecule has 0 radical (unpaired) electrons. The van der Waals surface area contributed by atoms with Gasteiger partial charge in [0.2, 0.25) is 0 Å². The highest BCUT2D eigenvalue weighted by Crippen LogP contribution is 2.36. The molecule has 0 saturated carbocycles. The van der Waals surface area contributed by atoms with Gasteiger partial charge in [-0.25, -0.2) is 9.59 Å². The van der Waals surface area contributed by atoms with E-state index in [1.54, 1.807) is 12.1 Å². The Hall–Kier alpha value is -3.42. The van der Waals surface area contributed by atoms with Crippen LogP contribution in [0.4, 0.5) is 0 Å². The summed E-state index contributed by atoms with van der Waals surface area (Å²) in [5.74, 6) is 0.687. The molecule has 1 unspecified atom stereocenters. The largest absolute Gasteiger partial charge is 0.478 e. The molecule has 0 amide bonds. The number of nitrogens with zero attached hydrogens (tertiary/aromatic N) is 1. The van der Waals surface area contributed by atoms with Gasteiger partial charge in [0, 0.05) is 42.1 Å². The van der Waals surface area contributed by atoms with Gasteiger partial charge in [-0.1, -0.05) is 18.2 Å². The first-order chi connectivity index (χ1) is 15.7. The molecule has 32 heavy (non-hydrogen) atoms. The predicted octanol–water partition coefficient (Wildman–Crippen LogP) is 3.90. The highest BCUT2D eigenvalue weighted by Gasteiger charge is 2.26. The van der Waals surface area contributed by atoms with Gasteiger partial charge in [0.25, 0.3) is 0 Å². The van der Waals surface area contributed by atoms with Crippen molar-refractivity contribution in [1.29, 1.82) is 0 Å². The van der Waals surface area contributed by atoms with Crippen molar-refractivity contribution in [3.63, 3.8) is 0 Å². The zero-order valence-electron chi connectivity index (χ0n) is 17.3. The molecule has 7 heteroatoms. The Kier molecular flexibility index (Phi) is 4.59. The molecule has 6 rings (SSSR count). The van der Waals surface area contributed by atoms with Crippen LogP contribution in [-0.2, 0) is 11.3 Å². The minimum absolute atomic E-state index is 0.194. The lowest BCUT2D eigenvalue weighted by Crippen LogP contribution is -2.37. The summed E-state index contributed by atoms with van der Waals surface area (Å²) in [7, 11) is 0. The second-order valence-electron chi connectivity index (χ2n) is 8.30. The van der Waals surface area contributed by atoms with E-state index in [0.717, 1.165) is 36.9 Å². The fourth-order valence-corrected chi connectivity index (χ4v) is 4.65. The van der Waals surface area contributed by atoms with Crippen molar-refractivity contribution in [2.45, 2.75) is 25.5 Å². The summed E-state index contributed by atoms with van der Waals surface area (Å²) in [6, 6.07) is 14.1. The smallest absolute Gasteiger partial charge is 0.344 e. The molecule has 2 aliphatic heterocycles. The normalized spacial score (nSPS) is 18.7. The molecule has 2 aromatic carbocycles. The molecule has 4 aromatic rings. The molecule has 4 heterocycles. The van der Waals surface area contributed by atoms with Crippen molar-refractivity contribution in [2.24, 2.45) is 0 Å². The van der Waals surface area contributed by atoms with Crippen LogP contribution in [0.1, 0.15) is 18.4 Å². The topological polar surface area (TPSA) is 82.1 Å². The van der Waals surface area contributed by atoms with Crippen molar-refractivity contribution in [1.82, 2.24) is 4.90 Å². The number of ether oxygens (including phenoxy) is 2. The second kappa shape index (κ2) is 7.62. The average Bonchev–Trinajstić information content (AvgIpc) is 3.31. The zero-order valence-corrected chi connectivity index (χ0v) is 17.3. The Morgan fingerprint density at radius 2 is 1.91 bits per heavy atom. The first kappa shape index (κ1) is 19.3. The lowest BCUT2D eigenvalue weighted by molar-refractivity contribution is 0.0281. The van der Waals surface area contributed by atoms with Crippen LogP contribution in [0.2, 0.25) is 0 Å². The molecule has 162 valence electrons. The minimum Gasteiger partial charge on any atom is -0.478 e. The molecule has 2 aromatic heterocycles. The molecule has 0 aliphatic carbocycles. The van der Waals surface area contributed by atoms with E-state index in [1.807, 2.05) is 30.3 Å². The summed E-state index contributed by atoms with van der Waals surface area (Å²) in [5.41, 5.74) is 1.55. The minimum atomic E-state index is -0.523. The van der Waals surface area contributed by atoms with E-state index in [-0.39, 0.29) is 6.10 Å². The van der Waals surface area contributed by atoms with E-state index in [2.05, 4.69) is 4.90 Å². The summed E-state index contributed by atoms with van der Waals surface area (Å²) in [5, 5.41) is 1.46. The van der Waals surface area contributed by atoms with Crippen LogP contribution in [0, 0.1) is 0 Å². The molecule has 0 bridgehead atoms. The number of rotatable bonds is 3. The number of para-hydroxylation sites is 1. The third-order valence-electron chi connectivity index (χ3n) is 6.17. The molecule has 1 saturated heterocycles. The predicted molar refractivity (Wildman–Crippen MR) is 119 cm³/mol. The SMILES string of the molecule is O=c1cc(-c2cc3ccccc3oc2=O)c2ccc3c(c2o1)CN(CC1CCCO1)CO3. The highest BCUT2D eigenvalue weighted by molar-refractivity contribution is 5.97. The lowest BCUT2D eigenvalue weighted by atomic mass is 9.99. The van der Waals surface area contributed by atoms with E-state index >= 15 is 0 Å². The Labute approximate surface area is 182 Å². The summed E-state index contributed by atoms with van der Waals surface area (Å²) in [4.78, 5) is 27.4. The number of hydrogen-bond donors (Lipinski definition) is 0. The Balaban J connectivity index is 1.48. The van der Waals surface area contributed by atoms with Crippen LogP contribution in [0.3, 0.4) is 0 Å². The third-order valence-corrected chi connectivity index (χ3v) is 6.17. The summed E-state index contributed by atoms with van der Waals surface area (Å²) in [6.45, 7) is 2.58. The van der Waals surface area contributed by atoms with Crippen molar-refractivity contribution in [3.05, 3.63) is 74.9 Å². The van der Waals surface area contributed by atoms with Gasteiger partial charge in [-0.05, 0) is 37.1 Å². The van der Waals surface area contributed by atoms with Gasteiger partial charge in [-0.15, -0.1) is 0 Å². The van der Waals surface area contributed by atoms with E-state index in [4.69, 9.17) is 18.3 Å². The second-order valence-corrected chi connectivity index (χ2v) is 8.30. The number of benzene rings is 2. The monoisotopic (exact) mass is 431 g/mol. The van der Waals surface area contributed by atoms with Gasteiger partial charge in [0.1, 0.15) is 23.6 Å². The van der Waals surface area contributed by atoms with Crippen molar-refractivity contribution >= 4 is 21.9 Å². The summed E-state index contributed by atoms with van der Waals surface area (Å²) in [6.07, 6.45) is 2.31. The highest BCUT2D eigenvalue weighted by atomic mass is 16.5. The fraction of sp³-hybridized carbons (Fsp3) is 0.280. The Bertz CT molecular complexity index is 1450. The van der Waals surface area contributed by atoms with E-state index < -0.39 is 11.3 Å². The molecule has 1 atom stereocenters. The van der Waals surface area contributed by atoms with E-state index in [0.29, 0.717) is 46.7 Å². The molecule has 7 nitrogen and oxygen atoms in total. The van der Waals surface area contributed by atoms with Gasteiger partial charge < -0.3 is 18.3 Å². The first-order valence-corrected chi connectivity index (χ1v) is 10.8. The number of fused-ring (bicyclic) bond motifs is 4. The van der Waals surface area contributed by atoms with Crippen LogP contribution in [0.25, 0.3) is 33.1 Å². The van der Waals surface area contributed by atoms with E-state index in [1.165, 1.54) is 6.07 Å². The van der Waals surface area contributed by atoms with Crippen molar-refractivity contribution in [3.8, 4) is 16.9 Å². The average molecular weight is 431 g/mol. The van der Waals surface area contributed by atoms with Crippen molar-refractivity contribution in [2.75, 3.05) is 19.9 Å². The molecule has 0 spiro atoms. The lowest BCUT2D eigenvalue weighted by Gasteiger charge is -2.30. The molecule has 0 N–H and O–H groups in total. The van der Waals surface area contributed by atoms with Gasteiger partial charge in [0.15, 0.2) is 0 Å². The maximum Gasteiger partial charge on any atom is 0.344 e. The maximum absolute atomic E-state index is 12.8. The molecule has 2 aliphatic rings. The quantitative estimate of drug-likeness (QED) is 0.455. The van der Waals surface area contributed by atoms with Gasteiger partial charge in [-0.2, -0.15) is 0 Å². The Morgan fingerprint density at radius 3 is 2.78 bits per heavy atom. The third kappa shape index (κ3) is 3.30. The van der Waals surface area contributed by atoms with Gasteiger partial charge in [-0.3, -0.25) is 4.90 Å². The van der Waals surface area contributed by atoms with Crippen LogP contribution >= 0.6 is 0 Å². The van der Waals surface area contributed by atoms with Crippen LogP contribution in [-0.4, -0.2) is 30.9 Å². The van der Waals surface area contributed by atoms with Gasteiger partial charge in [0.05, 0.1) is 17.2 Å². The first-order valence-electron chi connectivity index (χ1n) is 10.8. The standard InChI is InChI=1S/C25H21NO6/c27-23-11-18(19-10-15-4-1-2-6-21(15)31-25(19)28)17-7-8-22-20(24(17)32-23)13-26(14-30-22)12-16-5-3-9-29-16/h1-2,4,6-8,10-11,16H,3,5,9,12-14H2. The van der Waals surface area contributed by atoms with Crippen LogP contribution in [0.5, 0.6) is 5.75 Å². The zero-order chi connectivity index (χ0) is 21.7. The molecular formula is C25H21NO6. The van der Waals surface area contributed by atoms with Crippen LogP contribution < -0.4 is 16.0 Å². The molecule has 1 fully saturated rings. The van der Waals surface area contributed by atoms with Gasteiger partial charge >= 0.3 is 11.3 Å². The number of hydrogen-bond acceptors (Lipinski definition) is 7.